The maximum atomic E-state index is 2.94. The van der Waals surface area contributed by atoms with E-state index in [2.05, 4.69) is 44.0 Å². The third-order valence-corrected chi connectivity index (χ3v) is 5.30. The van der Waals surface area contributed by atoms with Gasteiger partial charge in [0.05, 0.1) is 0 Å². The molecule has 21 heavy (non-hydrogen) atoms. The van der Waals surface area contributed by atoms with Gasteiger partial charge in [0, 0.05) is 0 Å². The first kappa shape index (κ1) is 21.5. The van der Waals surface area contributed by atoms with Crippen LogP contribution >= 0.6 is 0 Å². The fourth-order valence-electron chi connectivity index (χ4n) is 3.99. The first-order valence-corrected chi connectivity index (χ1v) is 10.7. The Morgan fingerprint density at radius 1 is 0.571 bits per heavy atom. The first-order chi connectivity index (χ1) is 10.2. The fourth-order valence-corrected chi connectivity index (χ4v) is 4.46. The van der Waals surface area contributed by atoms with Crippen LogP contribution in [0.25, 0.3) is 0 Å². The van der Waals surface area contributed by atoms with Gasteiger partial charge in [-0.2, -0.15) is 0 Å². The van der Waals surface area contributed by atoms with Crippen LogP contribution in [0.4, 0.5) is 0 Å². The second kappa shape index (κ2) is 15.4. The van der Waals surface area contributed by atoms with Gasteiger partial charge in [0.15, 0.2) is 0 Å². The van der Waals surface area contributed by atoms with Gasteiger partial charge in [0.1, 0.15) is 0 Å². The summed E-state index contributed by atoms with van der Waals surface area (Å²) in [6.45, 7) is 9.43. The summed E-state index contributed by atoms with van der Waals surface area (Å²) in [5.74, 6) is 2.98. The SMILES string of the molecule is CCCCC(CCC)CC(CCC)CC(CCC)C[CH2][Al+2]. The molecule has 1 heteroatoms. The van der Waals surface area contributed by atoms with E-state index >= 15 is 0 Å². The van der Waals surface area contributed by atoms with Crippen LogP contribution in [0.3, 0.4) is 0 Å². The summed E-state index contributed by atoms with van der Waals surface area (Å²) < 4.78 is 0. The van der Waals surface area contributed by atoms with Gasteiger partial charge in [-0.3, -0.25) is 0 Å². The monoisotopic (exact) mass is 308 g/mol. The summed E-state index contributed by atoms with van der Waals surface area (Å²) in [6, 6.07) is 0. The summed E-state index contributed by atoms with van der Waals surface area (Å²) in [7, 11) is 0. The van der Waals surface area contributed by atoms with Crippen LogP contribution in [0.2, 0.25) is 5.28 Å². The Morgan fingerprint density at radius 2 is 1.05 bits per heavy atom. The standard InChI is InChI=1S/C20H41.Al/c1-6-11-15-19(13-8-3)17-20(14-9-4)16-18(10-5)12-7-2;/h18-20H,5-17H2,1-4H3;/q;+2. The molecule has 0 heterocycles. The van der Waals surface area contributed by atoms with E-state index in [4.69, 9.17) is 0 Å². The van der Waals surface area contributed by atoms with Gasteiger partial charge < -0.3 is 0 Å². The van der Waals surface area contributed by atoms with Crippen LogP contribution in [0.15, 0.2) is 0 Å². The van der Waals surface area contributed by atoms with Crippen molar-refractivity contribution < 1.29 is 0 Å². The van der Waals surface area contributed by atoms with Crippen molar-refractivity contribution in [2.45, 2.75) is 110 Å². The Morgan fingerprint density at radius 3 is 1.48 bits per heavy atom. The van der Waals surface area contributed by atoms with Crippen molar-refractivity contribution in [1.29, 1.82) is 0 Å². The number of rotatable bonds is 15. The summed E-state index contributed by atoms with van der Waals surface area (Å²) in [5, 5.41) is 1.29. The van der Waals surface area contributed by atoms with E-state index in [-0.39, 0.29) is 0 Å². The average Bonchev–Trinajstić information content (AvgIpc) is 2.45. The van der Waals surface area contributed by atoms with Gasteiger partial charge in [-0.25, -0.2) is 0 Å². The number of hydrogen-bond acceptors (Lipinski definition) is 0. The zero-order chi connectivity index (χ0) is 15.9. The van der Waals surface area contributed by atoms with Gasteiger partial charge >= 0.3 is 144 Å². The van der Waals surface area contributed by atoms with Crippen LogP contribution in [0.1, 0.15) is 105 Å². The summed E-state index contributed by atoms with van der Waals surface area (Å²) in [5.41, 5.74) is 0. The molecule has 0 radical (unpaired) electrons. The van der Waals surface area contributed by atoms with Crippen LogP contribution in [0, 0.1) is 17.8 Å². The van der Waals surface area contributed by atoms with Crippen molar-refractivity contribution >= 4 is 16.3 Å². The molecule has 0 saturated carbocycles. The summed E-state index contributed by atoms with van der Waals surface area (Å²) >= 11 is 2.94. The van der Waals surface area contributed by atoms with E-state index in [1.165, 1.54) is 82.3 Å². The Balaban J connectivity index is 4.45. The number of unbranched alkanes of at least 4 members (excludes halogenated alkanes) is 1. The minimum atomic E-state index is 0.984. The molecular weight excluding hydrogens is 267 g/mol. The molecule has 0 N–H and O–H groups in total. The molecule has 0 aromatic heterocycles. The molecule has 3 unspecified atom stereocenters. The predicted molar refractivity (Wildman–Crippen MR) is 99.1 cm³/mol. The maximum absolute atomic E-state index is 2.94. The van der Waals surface area contributed by atoms with E-state index in [0.717, 1.165) is 17.8 Å². The second-order valence-corrected chi connectivity index (χ2v) is 7.73. The molecule has 0 aliphatic rings. The first-order valence-electron chi connectivity index (χ1n) is 9.91. The number of hydrogen-bond donors (Lipinski definition) is 0. The van der Waals surface area contributed by atoms with Crippen LogP contribution in [-0.4, -0.2) is 16.3 Å². The van der Waals surface area contributed by atoms with Crippen molar-refractivity contribution in [3.63, 3.8) is 0 Å². The topological polar surface area (TPSA) is 0 Å². The third kappa shape index (κ3) is 11.7. The van der Waals surface area contributed by atoms with E-state index in [0.29, 0.717) is 0 Å². The molecule has 0 saturated heterocycles. The molecule has 0 fully saturated rings. The van der Waals surface area contributed by atoms with Crippen molar-refractivity contribution in [3.8, 4) is 0 Å². The normalized spacial score (nSPS) is 15.9. The van der Waals surface area contributed by atoms with E-state index in [1.54, 1.807) is 0 Å². The molecule has 122 valence electrons. The van der Waals surface area contributed by atoms with Crippen molar-refractivity contribution in [2.24, 2.45) is 17.8 Å². The zero-order valence-electron chi connectivity index (χ0n) is 15.5. The second-order valence-electron chi connectivity index (χ2n) is 7.16. The zero-order valence-corrected chi connectivity index (χ0v) is 16.7. The van der Waals surface area contributed by atoms with E-state index in [9.17, 15) is 0 Å². The van der Waals surface area contributed by atoms with Crippen LogP contribution in [0.5, 0.6) is 0 Å². The van der Waals surface area contributed by atoms with Gasteiger partial charge in [-0.1, -0.05) is 0 Å². The summed E-state index contributed by atoms with van der Waals surface area (Å²) in [6.07, 6.45) is 17.2. The molecule has 3 atom stereocenters. The Labute approximate surface area is 144 Å². The van der Waals surface area contributed by atoms with Crippen LogP contribution in [-0.2, 0) is 0 Å². The average molecular weight is 309 g/mol. The molecule has 0 aromatic rings. The van der Waals surface area contributed by atoms with Gasteiger partial charge in [-0.15, -0.1) is 0 Å². The predicted octanol–water partition coefficient (Wildman–Crippen LogP) is 7.18. The molecule has 0 aromatic carbocycles. The van der Waals surface area contributed by atoms with Gasteiger partial charge in [-0.05, 0) is 0 Å². The minimum absolute atomic E-state index is 0.984. The van der Waals surface area contributed by atoms with Crippen molar-refractivity contribution in [3.05, 3.63) is 0 Å². The quantitative estimate of drug-likeness (QED) is 0.281. The van der Waals surface area contributed by atoms with Crippen molar-refractivity contribution in [1.82, 2.24) is 0 Å². The van der Waals surface area contributed by atoms with Crippen molar-refractivity contribution in [2.75, 3.05) is 0 Å². The molecule has 0 aliphatic heterocycles. The molecule has 0 nitrogen and oxygen atoms in total. The van der Waals surface area contributed by atoms with Gasteiger partial charge in [0.2, 0.25) is 0 Å². The molecular formula is C20H41Al+2. The molecule has 0 rings (SSSR count). The summed E-state index contributed by atoms with van der Waals surface area (Å²) in [4.78, 5) is 0. The Bertz CT molecular complexity index is 196. The van der Waals surface area contributed by atoms with E-state index in [1.807, 2.05) is 0 Å². The molecule has 0 bridgehead atoms. The van der Waals surface area contributed by atoms with Gasteiger partial charge in [0.25, 0.3) is 0 Å². The fraction of sp³-hybridized carbons (Fsp3) is 1.00. The van der Waals surface area contributed by atoms with Crippen LogP contribution < -0.4 is 0 Å². The van der Waals surface area contributed by atoms with E-state index < -0.39 is 0 Å². The molecule has 0 spiro atoms. The Hall–Kier alpha value is 0.532. The third-order valence-electron chi connectivity index (χ3n) is 4.96. The Kier molecular flexibility index (Phi) is 15.8. The molecule has 0 amide bonds. The molecule has 0 aliphatic carbocycles.